The number of piperidine rings is 1. The van der Waals surface area contributed by atoms with Crippen molar-refractivity contribution in [3.8, 4) is 6.07 Å². The Hall–Kier alpha value is -2.96. The van der Waals surface area contributed by atoms with Crippen molar-refractivity contribution >= 4 is 23.3 Å². The number of thiazole rings is 1. The van der Waals surface area contributed by atoms with Crippen molar-refractivity contribution in [2.24, 2.45) is 0 Å². The first-order valence-corrected chi connectivity index (χ1v) is 12.5. The normalized spacial score (nSPS) is 20.4. The molecular weight excluding hydrogens is 436 g/mol. The molecule has 0 N–H and O–H groups in total. The van der Waals surface area contributed by atoms with Gasteiger partial charge < -0.3 is 14.7 Å². The Labute approximate surface area is 198 Å². The Kier molecular flexibility index (Phi) is 6.29. The molecule has 33 heavy (non-hydrogen) atoms. The molecule has 2 aromatic rings. The maximum atomic E-state index is 12.9. The number of piperazine rings is 1. The predicted molar refractivity (Wildman–Crippen MR) is 125 cm³/mol. The summed E-state index contributed by atoms with van der Waals surface area (Å²) in [5.74, 6) is 0.480. The molecule has 0 bridgehead atoms. The van der Waals surface area contributed by atoms with Gasteiger partial charge in [-0.2, -0.15) is 5.26 Å². The summed E-state index contributed by atoms with van der Waals surface area (Å²) < 4.78 is 0. The second-order valence-electron chi connectivity index (χ2n) is 9.00. The number of rotatable bonds is 3. The molecule has 3 fully saturated rings. The Bertz CT molecular complexity index is 1010. The number of nitrogens with zero attached hydrogens (tertiary/aromatic N) is 6. The molecule has 0 unspecified atom stereocenters. The summed E-state index contributed by atoms with van der Waals surface area (Å²) >= 11 is 1.39. The standard InChI is InChI=1S/C24H28N6O2S/c25-15-18-1-3-19(4-2-18)20-5-8-29(9-6-20)24(32)30-16-21(17-30)27-10-12-28(13-11-27)23(31)22-26-7-14-33-22/h1-4,7,14,20-21H,5-6,8-13,16-17H2. The zero-order valence-corrected chi connectivity index (χ0v) is 19.4. The lowest BCUT2D eigenvalue weighted by Crippen LogP contribution is -2.66. The molecule has 5 rings (SSSR count). The molecule has 0 radical (unpaired) electrons. The Morgan fingerprint density at radius 2 is 1.64 bits per heavy atom. The van der Waals surface area contributed by atoms with Crippen molar-refractivity contribution in [2.75, 3.05) is 52.4 Å². The zero-order valence-electron chi connectivity index (χ0n) is 18.6. The van der Waals surface area contributed by atoms with Gasteiger partial charge in [0.2, 0.25) is 0 Å². The van der Waals surface area contributed by atoms with Gasteiger partial charge in [0.05, 0.1) is 11.6 Å². The second-order valence-corrected chi connectivity index (χ2v) is 9.90. The molecule has 3 aliphatic heterocycles. The minimum atomic E-state index is 0.0273. The number of benzene rings is 1. The van der Waals surface area contributed by atoms with Crippen LogP contribution in [0.3, 0.4) is 0 Å². The largest absolute Gasteiger partial charge is 0.334 e. The molecule has 9 heteroatoms. The molecule has 1 aromatic carbocycles. The van der Waals surface area contributed by atoms with Crippen LogP contribution < -0.4 is 0 Å². The Balaban J connectivity index is 1.05. The van der Waals surface area contributed by atoms with Crippen molar-refractivity contribution in [2.45, 2.75) is 24.8 Å². The highest BCUT2D eigenvalue weighted by Crippen LogP contribution is 2.29. The summed E-state index contributed by atoms with van der Waals surface area (Å²) in [5.41, 5.74) is 1.95. The fourth-order valence-corrected chi connectivity index (χ4v) is 5.63. The predicted octanol–water partition coefficient (Wildman–Crippen LogP) is 2.46. The number of carbonyl (C=O) groups is 2. The van der Waals surface area contributed by atoms with Gasteiger partial charge in [0.25, 0.3) is 5.91 Å². The van der Waals surface area contributed by atoms with Gasteiger partial charge in [-0.3, -0.25) is 9.69 Å². The number of amides is 3. The molecule has 4 heterocycles. The van der Waals surface area contributed by atoms with Crippen LogP contribution in [0, 0.1) is 11.3 Å². The van der Waals surface area contributed by atoms with Crippen molar-refractivity contribution in [1.29, 1.82) is 5.26 Å². The quantitative estimate of drug-likeness (QED) is 0.697. The van der Waals surface area contributed by atoms with E-state index in [1.165, 1.54) is 16.9 Å². The van der Waals surface area contributed by atoms with Crippen molar-refractivity contribution in [1.82, 2.24) is 24.6 Å². The fraction of sp³-hybridized carbons (Fsp3) is 0.500. The molecular formula is C24H28N6O2S. The molecule has 1 aromatic heterocycles. The second kappa shape index (κ2) is 9.49. The van der Waals surface area contributed by atoms with E-state index < -0.39 is 0 Å². The zero-order chi connectivity index (χ0) is 22.8. The highest BCUT2D eigenvalue weighted by molar-refractivity contribution is 7.11. The lowest BCUT2D eigenvalue weighted by molar-refractivity contribution is 0.0135. The summed E-state index contributed by atoms with van der Waals surface area (Å²) in [6.07, 6.45) is 3.59. The Morgan fingerprint density at radius 3 is 2.24 bits per heavy atom. The van der Waals surface area contributed by atoms with Gasteiger partial charge in [-0.25, -0.2) is 9.78 Å². The number of hydrogen-bond donors (Lipinski definition) is 0. The third kappa shape index (κ3) is 4.59. The van der Waals surface area contributed by atoms with Crippen LogP contribution in [0.4, 0.5) is 4.79 Å². The molecule has 0 atom stereocenters. The van der Waals surface area contributed by atoms with E-state index in [0.29, 0.717) is 35.6 Å². The van der Waals surface area contributed by atoms with Crippen molar-refractivity contribution in [3.63, 3.8) is 0 Å². The van der Waals surface area contributed by atoms with Gasteiger partial charge in [0, 0.05) is 70.0 Å². The number of carbonyl (C=O) groups excluding carboxylic acids is 2. The minimum absolute atomic E-state index is 0.0273. The summed E-state index contributed by atoms with van der Waals surface area (Å²) in [6, 6.07) is 10.6. The Morgan fingerprint density at radius 1 is 0.939 bits per heavy atom. The van der Waals surface area contributed by atoms with E-state index in [2.05, 4.69) is 16.0 Å². The maximum absolute atomic E-state index is 12.9. The highest BCUT2D eigenvalue weighted by Gasteiger charge is 2.39. The molecule has 8 nitrogen and oxygen atoms in total. The molecule has 3 amide bonds. The van der Waals surface area contributed by atoms with E-state index in [4.69, 9.17) is 5.26 Å². The van der Waals surface area contributed by atoms with Crippen LogP contribution in [-0.2, 0) is 0 Å². The molecule has 0 saturated carbocycles. The summed E-state index contributed by atoms with van der Waals surface area (Å²) in [4.78, 5) is 37.8. The SMILES string of the molecule is N#Cc1ccc(C2CCN(C(=O)N3CC(N4CCN(C(=O)c5nccs5)CC4)C3)CC2)cc1. The highest BCUT2D eigenvalue weighted by atomic mass is 32.1. The van der Waals surface area contributed by atoms with E-state index in [9.17, 15) is 9.59 Å². The first-order valence-electron chi connectivity index (χ1n) is 11.6. The lowest BCUT2D eigenvalue weighted by Gasteiger charge is -2.49. The van der Waals surface area contributed by atoms with Crippen LogP contribution >= 0.6 is 11.3 Å². The molecule has 3 aliphatic rings. The van der Waals surface area contributed by atoms with Crippen LogP contribution in [0.2, 0.25) is 0 Å². The number of urea groups is 1. The monoisotopic (exact) mass is 464 g/mol. The van der Waals surface area contributed by atoms with Gasteiger partial charge >= 0.3 is 6.03 Å². The van der Waals surface area contributed by atoms with Crippen LogP contribution in [0.1, 0.15) is 39.7 Å². The van der Waals surface area contributed by atoms with Gasteiger partial charge in [-0.05, 0) is 36.5 Å². The first kappa shape index (κ1) is 21.9. The van der Waals surface area contributed by atoms with E-state index in [0.717, 1.165) is 52.1 Å². The third-order valence-electron chi connectivity index (χ3n) is 7.14. The summed E-state index contributed by atoms with van der Waals surface area (Å²) in [5, 5.41) is 11.4. The van der Waals surface area contributed by atoms with Gasteiger partial charge in [0.1, 0.15) is 0 Å². The van der Waals surface area contributed by atoms with Gasteiger partial charge in [-0.15, -0.1) is 11.3 Å². The van der Waals surface area contributed by atoms with Crippen LogP contribution in [0.25, 0.3) is 0 Å². The number of aromatic nitrogens is 1. The average Bonchev–Trinajstić information content (AvgIpc) is 3.38. The first-order chi connectivity index (χ1) is 16.1. The van der Waals surface area contributed by atoms with Gasteiger partial charge in [0.15, 0.2) is 5.01 Å². The fourth-order valence-electron chi connectivity index (χ4n) is 5.03. The van der Waals surface area contributed by atoms with Crippen LogP contribution in [-0.4, -0.2) is 94.9 Å². The topological polar surface area (TPSA) is 83.8 Å². The van der Waals surface area contributed by atoms with Crippen LogP contribution in [0.15, 0.2) is 35.8 Å². The van der Waals surface area contributed by atoms with Gasteiger partial charge in [-0.1, -0.05) is 12.1 Å². The van der Waals surface area contributed by atoms with Crippen molar-refractivity contribution < 1.29 is 9.59 Å². The lowest BCUT2D eigenvalue weighted by atomic mass is 9.89. The molecule has 172 valence electrons. The van der Waals surface area contributed by atoms with Crippen molar-refractivity contribution in [3.05, 3.63) is 52.0 Å². The van der Waals surface area contributed by atoms with Crippen LogP contribution in [0.5, 0.6) is 0 Å². The van der Waals surface area contributed by atoms with E-state index in [1.807, 2.05) is 44.3 Å². The summed E-state index contributed by atoms with van der Waals surface area (Å²) in [7, 11) is 0. The molecule has 0 aliphatic carbocycles. The maximum Gasteiger partial charge on any atom is 0.320 e. The molecule has 0 spiro atoms. The smallest absolute Gasteiger partial charge is 0.320 e. The third-order valence-corrected chi connectivity index (χ3v) is 7.90. The van der Waals surface area contributed by atoms with E-state index >= 15 is 0 Å². The number of likely N-dealkylation sites (tertiary alicyclic amines) is 2. The minimum Gasteiger partial charge on any atom is -0.334 e. The average molecular weight is 465 g/mol. The van der Waals surface area contributed by atoms with E-state index in [1.54, 1.807) is 6.20 Å². The molecule has 3 saturated heterocycles. The number of hydrogen-bond acceptors (Lipinski definition) is 6. The number of nitriles is 1. The summed E-state index contributed by atoms with van der Waals surface area (Å²) in [6.45, 7) is 6.23. The van der Waals surface area contributed by atoms with E-state index in [-0.39, 0.29) is 11.9 Å².